The Morgan fingerprint density at radius 1 is 1.18 bits per heavy atom. The quantitative estimate of drug-likeness (QED) is 0.530. The number of rotatable bonds is 4. The molecule has 33 heavy (non-hydrogen) atoms. The molecule has 1 unspecified atom stereocenters. The first-order valence-corrected chi connectivity index (χ1v) is 12.1. The van der Waals surface area contributed by atoms with E-state index in [1.165, 1.54) is 0 Å². The van der Waals surface area contributed by atoms with E-state index in [4.69, 9.17) is 11.6 Å². The van der Waals surface area contributed by atoms with Crippen LogP contribution in [0.15, 0.2) is 48.7 Å². The van der Waals surface area contributed by atoms with Gasteiger partial charge in [0.15, 0.2) is 0 Å². The predicted octanol–water partition coefficient (Wildman–Crippen LogP) is 2.91. The number of anilines is 2. The number of aromatic amines is 1. The monoisotopic (exact) mass is 483 g/mol. The SMILES string of the molecule is O=C1CN(c2ccc(NC(=O)C3CSCN3C(=O)c3c[nH]c4ccccc34)cc2Cl)CCN1. The summed E-state index contributed by atoms with van der Waals surface area (Å²) in [6.45, 7) is 1.48. The zero-order chi connectivity index (χ0) is 22.9. The maximum atomic E-state index is 13.2. The maximum Gasteiger partial charge on any atom is 0.257 e. The molecule has 1 aromatic heterocycles. The fraction of sp³-hybridized carbons (Fsp3) is 0.261. The summed E-state index contributed by atoms with van der Waals surface area (Å²) in [5.74, 6) is 0.499. The first-order chi connectivity index (χ1) is 16.0. The van der Waals surface area contributed by atoms with Crippen LogP contribution in [0.25, 0.3) is 10.9 Å². The zero-order valence-electron chi connectivity index (χ0n) is 17.6. The highest BCUT2D eigenvalue weighted by molar-refractivity contribution is 7.99. The number of halogens is 1. The second-order valence-corrected chi connectivity index (χ2v) is 9.37. The Balaban J connectivity index is 1.30. The fourth-order valence-corrected chi connectivity index (χ4v) is 5.63. The Labute approximate surface area is 199 Å². The van der Waals surface area contributed by atoms with Crippen LogP contribution in [0, 0.1) is 0 Å². The van der Waals surface area contributed by atoms with Crippen molar-refractivity contribution in [1.29, 1.82) is 0 Å². The van der Waals surface area contributed by atoms with E-state index in [0.29, 0.717) is 41.0 Å². The van der Waals surface area contributed by atoms with Crippen molar-refractivity contribution in [1.82, 2.24) is 15.2 Å². The van der Waals surface area contributed by atoms with Gasteiger partial charge < -0.3 is 25.4 Å². The molecule has 3 N–H and O–H groups in total. The van der Waals surface area contributed by atoms with Gasteiger partial charge >= 0.3 is 0 Å². The number of aromatic nitrogens is 1. The van der Waals surface area contributed by atoms with Crippen LogP contribution in [-0.4, -0.2) is 64.9 Å². The van der Waals surface area contributed by atoms with Crippen molar-refractivity contribution >= 4 is 63.4 Å². The van der Waals surface area contributed by atoms with Gasteiger partial charge in [-0.05, 0) is 24.3 Å². The van der Waals surface area contributed by atoms with Gasteiger partial charge in [-0.2, -0.15) is 0 Å². The van der Waals surface area contributed by atoms with Gasteiger partial charge in [0.05, 0.1) is 28.7 Å². The van der Waals surface area contributed by atoms with E-state index in [1.807, 2.05) is 29.2 Å². The van der Waals surface area contributed by atoms with Gasteiger partial charge in [0.1, 0.15) is 6.04 Å². The number of para-hydroxylation sites is 1. The lowest BCUT2D eigenvalue weighted by atomic mass is 10.1. The molecule has 3 heterocycles. The molecule has 2 aliphatic rings. The largest absolute Gasteiger partial charge is 0.360 e. The van der Waals surface area contributed by atoms with Gasteiger partial charge in [-0.15, -0.1) is 11.8 Å². The standard InChI is InChI=1S/C23H22ClN5O3S/c24-17-9-14(5-6-19(17)28-8-7-25-21(30)11-28)27-22(31)20-12-33-13-29(20)23(32)16-10-26-18-4-2-1-3-15(16)18/h1-6,9-10,20,26H,7-8,11-13H2,(H,25,30)(H,27,31). The molecule has 2 aliphatic heterocycles. The molecule has 3 aromatic rings. The summed E-state index contributed by atoms with van der Waals surface area (Å²) < 4.78 is 0. The third-order valence-electron chi connectivity index (χ3n) is 5.86. The summed E-state index contributed by atoms with van der Waals surface area (Å²) in [5, 5.41) is 6.97. The van der Waals surface area contributed by atoms with E-state index in [-0.39, 0.29) is 24.3 Å². The van der Waals surface area contributed by atoms with Gasteiger partial charge in [-0.1, -0.05) is 29.8 Å². The van der Waals surface area contributed by atoms with Crippen LogP contribution in [0.5, 0.6) is 0 Å². The molecule has 3 amide bonds. The smallest absolute Gasteiger partial charge is 0.257 e. The lowest BCUT2D eigenvalue weighted by Gasteiger charge is -2.29. The van der Waals surface area contributed by atoms with Crippen molar-refractivity contribution in [3.63, 3.8) is 0 Å². The Hall–Kier alpha value is -3.17. The number of carbonyl (C=O) groups excluding carboxylic acids is 3. The molecule has 0 saturated carbocycles. The van der Waals surface area contributed by atoms with Crippen LogP contribution >= 0.6 is 23.4 Å². The number of piperazine rings is 1. The minimum absolute atomic E-state index is 0.0478. The summed E-state index contributed by atoms with van der Waals surface area (Å²) in [7, 11) is 0. The number of fused-ring (bicyclic) bond motifs is 1. The molecule has 0 bridgehead atoms. The number of thioether (sulfide) groups is 1. The van der Waals surface area contributed by atoms with Crippen LogP contribution < -0.4 is 15.5 Å². The van der Waals surface area contributed by atoms with Gasteiger partial charge in [0.25, 0.3) is 5.91 Å². The molecule has 2 saturated heterocycles. The number of amides is 3. The lowest BCUT2D eigenvalue weighted by molar-refractivity contribution is -0.120. The second kappa shape index (κ2) is 8.99. The first kappa shape index (κ1) is 21.7. The molecular formula is C23H22ClN5O3S. The Bertz CT molecular complexity index is 1250. The van der Waals surface area contributed by atoms with Gasteiger partial charge in [0.2, 0.25) is 11.8 Å². The number of carbonyl (C=O) groups is 3. The number of hydrogen-bond acceptors (Lipinski definition) is 5. The average molecular weight is 484 g/mol. The molecule has 8 nitrogen and oxygen atoms in total. The van der Waals surface area contributed by atoms with Crippen molar-refractivity contribution in [3.05, 3.63) is 59.2 Å². The highest BCUT2D eigenvalue weighted by atomic mass is 35.5. The van der Waals surface area contributed by atoms with Crippen molar-refractivity contribution in [2.45, 2.75) is 6.04 Å². The topological polar surface area (TPSA) is 97.5 Å². The zero-order valence-corrected chi connectivity index (χ0v) is 19.2. The van der Waals surface area contributed by atoms with Crippen molar-refractivity contribution in [2.24, 2.45) is 0 Å². The summed E-state index contributed by atoms with van der Waals surface area (Å²) in [4.78, 5) is 44.6. The van der Waals surface area contributed by atoms with E-state index in [1.54, 1.807) is 41.1 Å². The van der Waals surface area contributed by atoms with E-state index < -0.39 is 6.04 Å². The van der Waals surface area contributed by atoms with Gasteiger partial charge in [-0.3, -0.25) is 14.4 Å². The van der Waals surface area contributed by atoms with Gasteiger partial charge in [0, 0.05) is 41.6 Å². The molecule has 5 rings (SSSR count). The molecule has 0 radical (unpaired) electrons. The van der Waals surface area contributed by atoms with E-state index in [0.717, 1.165) is 16.6 Å². The van der Waals surface area contributed by atoms with Crippen LogP contribution in [-0.2, 0) is 9.59 Å². The molecule has 2 fully saturated rings. The molecule has 1 atom stereocenters. The molecule has 0 aliphatic carbocycles. The van der Waals surface area contributed by atoms with Crippen molar-refractivity contribution < 1.29 is 14.4 Å². The molecular weight excluding hydrogens is 462 g/mol. The lowest BCUT2D eigenvalue weighted by Crippen LogP contribution is -2.47. The van der Waals surface area contributed by atoms with E-state index in [2.05, 4.69) is 15.6 Å². The first-order valence-electron chi connectivity index (χ1n) is 10.6. The number of benzene rings is 2. The maximum absolute atomic E-state index is 13.2. The minimum Gasteiger partial charge on any atom is -0.360 e. The number of hydrogen-bond donors (Lipinski definition) is 3. The Morgan fingerprint density at radius 3 is 2.85 bits per heavy atom. The van der Waals surface area contributed by atoms with Crippen molar-refractivity contribution in [2.75, 3.05) is 41.5 Å². The second-order valence-electron chi connectivity index (χ2n) is 7.97. The molecule has 0 spiro atoms. The summed E-state index contributed by atoms with van der Waals surface area (Å²) in [6, 6.07) is 12.3. The van der Waals surface area contributed by atoms with Crippen LogP contribution in [0.2, 0.25) is 5.02 Å². The molecule has 10 heteroatoms. The predicted molar refractivity (Wildman–Crippen MR) is 131 cm³/mol. The minimum atomic E-state index is -0.583. The van der Waals surface area contributed by atoms with Gasteiger partial charge in [-0.25, -0.2) is 0 Å². The highest BCUT2D eigenvalue weighted by Crippen LogP contribution is 2.31. The summed E-state index contributed by atoms with van der Waals surface area (Å²) in [5.41, 5.74) is 2.74. The van der Waals surface area contributed by atoms with Crippen LogP contribution in [0.1, 0.15) is 10.4 Å². The van der Waals surface area contributed by atoms with Crippen LogP contribution in [0.4, 0.5) is 11.4 Å². The van der Waals surface area contributed by atoms with Crippen molar-refractivity contribution in [3.8, 4) is 0 Å². The summed E-state index contributed by atoms with van der Waals surface area (Å²) in [6.07, 6.45) is 1.70. The molecule has 2 aromatic carbocycles. The van der Waals surface area contributed by atoms with Crippen LogP contribution in [0.3, 0.4) is 0 Å². The van der Waals surface area contributed by atoms with E-state index >= 15 is 0 Å². The third kappa shape index (κ3) is 4.26. The normalized spacial score (nSPS) is 18.5. The van der Waals surface area contributed by atoms with E-state index in [9.17, 15) is 14.4 Å². The summed E-state index contributed by atoms with van der Waals surface area (Å²) >= 11 is 8.01. The number of nitrogens with one attached hydrogen (secondary N) is 3. The number of H-pyrrole nitrogens is 1. The fourth-order valence-electron chi connectivity index (χ4n) is 4.17. The number of nitrogens with zero attached hydrogens (tertiary/aromatic N) is 2. The third-order valence-corrected chi connectivity index (χ3v) is 7.17. The average Bonchev–Trinajstić information content (AvgIpc) is 3.46. The highest BCUT2D eigenvalue weighted by Gasteiger charge is 2.36. The molecule has 170 valence electrons. The Kier molecular flexibility index (Phi) is 5.90. The Morgan fingerprint density at radius 2 is 2.03 bits per heavy atom.